The second-order valence-corrected chi connectivity index (χ2v) is 9.61. The van der Waals surface area contributed by atoms with Crippen LogP contribution >= 0.6 is 11.3 Å². The van der Waals surface area contributed by atoms with Crippen molar-refractivity contribution in [3.8, 4) is 10.6 Å². The van der Waals surface area contributed by atoms with Gasteiger partial charge in [-0.25, -0.2) is 4.98 Å². The van der Waals surface area contributed by atoms with Gasteiger partial charge < -0.3 is 21.1 Å². The van der Waals surface area contributed by atoms with Gasteiger partial charge in [0.2, 0.25) is 5.91 Å². The van der Waals surface area contributed by atoms with Crippen molar-refractivity contribution in [1.29, 1.82) is 0 Å². The Morgan fingerprint density at radius 3 is 2.81 bits per heavy atom. The summed E-state index contributed by atoms with van der Waals surface area (Å²) in [5.74, 6) is -0.445. The SMILES string of the molecule is C=C(CN1Cc2c(cccc2-c2nc(C(=O)N[C@@H]3[C@H](O)[C@@H]4CCC[C@@H]43)cs2)C1=O)C(N)=O. The molecule has 3 aliphatic rings. The van der Waals surface area contributed by atoms with Crippen LogP contribution in [0, 0.1) is 11.8 Å². The van der Waals surface area contributed by atoms with E-state index in [4.69, 9.17) is 5.73 Å². The molecule has 2 heterocycles. The maximum atomic E-state index is 12.8. The van der Waals surface area contributed by atoms with E-state index in [2.05, 4.69) is 16.9 Å². The van der Waals surface area contributed by atoms with Crippen molar-refractivity contribution >= 4 is 29.1 Å². The molecule has 32 heavy (non-hydrogen) atoms. The molecule has 2 aliphatic carbocycles. The third kappa shape index (κ3) is 3.32. The first-order chi connectivity index (χ1) is 15.3. The lowest BCUT2D eigenvalue weighted by Gasteiger charge is -2.46. The molecule has 166 valence electrons. The Labute approximate surface area is 189 Å². The van der Waals surface area contributed by atoms with Crippen LogP contribution < -0.4 is 11.1 Å². The van der Waals surface area contributed by atoms with Crippen molar-refractivity contribution in [1.82, 2.24) is 15.2 Å². The van der Waals surface area contributed by atoms with Crippen molar-refractivity contribution in [2.45, 2.75) is 38.0 Å². The van der Waals surface area contributed by atoms with Gasteiger partial charge >= 0.3 is 0 Å². The highest BCUT2D eigenvalue weighted by molar-refractivity contribution is 7.13. The van der Waals surface area contributed by atoms with E-state index in [9.17, 15) is 19.5 Å². The van der Waals surface area contributed by atoms with Crippen LogP contribution in [-0.4, -0.2) is 51.4 Å². The summed E-state index contributed by atoms with van der Waals surface area (Å²) in [6, 6.07) is 5.19. The van der Waals surface area contributed by atoms with Gasteiger partial charge in [0.15, 0.2) is 0 Å². The minimum absolute atomic E-state index is 0.0691. The van der Waals surface area contributed by atoms with Gasteiger partial charge in [0.25, 0.3) is 11.8 Å². The molecule has 0 saturated heterocycles. The Morgan fingerprint density at radius 2 is 2.03 bits per heavy atom. The lowest BCUT2D eigenvalue weighted by atomic mass is 9.68. The van der Waals surface area contributed by atoms with Crippen LogP contribution in [0.1, 0.15) is 45.7 Å². The third-order valence-electron chi connectivity index (χ3n) is 6.93. The number of nitrogens with zero attached hydrogens (tertiary/aromatic N) is 2. The van der Waals surface area contributed by atoms with Gasteiger partial charge in [-0.2, -0.15) is 0 Å². The first-order valence-electron chi connectivity index (χ1n) is 10.7. The highest BCUT2D eigenvalue weighted by Crippen LogP contribution is 2.47. The van der Waals surface area contributed by atoms with Crippen LogP contribution in [0.4, 0.5) is 0 Å². The number of aliphatic hydroxyl groups excluding tert-OH is 1. The van der Waals surface area contributed by atoms with E-state index in [0.717, 1.165) is 30.4 Å². The van der Waals surface area contributed by atoms with Crippen LogP contribution in [-0.2, 0) is 11.3 Å². The number of nitrogens with two attached hydrogens (primary N) is 1. The number of hydrogen-bond donors (Lipinski definition) is 3. The van der Waals surface area contributed by atoms with Crippen LogP contribution in [0.25, 0.3) is 10.6 Å². The van der Waals surface area contributed by atoms with Crippen LogP contribution in [0.15, 0.2) is 35.7 Å². The average Bonchev–Trinajstić information content (AvgIpc) is 3.50. The van der Waals surface area contributed by atoms with Crippen LogP contribution in [0.2, 0.25) is 0 Å². The van der Waals surface area contributed by atoms with Gasteiger partial charge in [-0.3, -0.25) is 14.4 Å². The molecule has 9 heteroatoms. The highest BCUT2D eigenvalue weighted by atomic mass is 32.1. The second-order valence-electron chi connectivity index (χ2n) is 8.75. The average molecular weight is 453 g/mol. The molecule has 2 fully saturated rings. The van der Waals surface area contributed by atoms with Crippen molar-refractivity contribution in [2.24, 2.45) is 17.6 Å². The number of rotatable bonds is 6. The summed E-state index contributed by atoms with van der Waals surface area (Å²) < 4.78 is 0. The zero-order valence-electron chi connectivity index (χ0n) is 17.4. The lowest BCUT2D eigenvalue weighted by molar-refractivity contribution is -0.114. The summed E-state index contributed by atoms with van der Waals surface area (Å²) >= 11 is 1.34. The van der Waals surface area contributed by atoms with Crippen molar-refractivity contribution in [2.75, 3.05) is 6.54 Å². The normalized spacial score (nSPS) is 25.8. The number of primary amides is 1. The minimum atomic E-state index is -0.634. The first-order valence-corrected chi connectivity index (χ1v) is 11.6. The molecule has 3 amide bonds. The molecule has 4 N–H and O–H groups in total. The Morgan fingerprint density at radius 1 is 1.28 bits per heavy atom. The number of carbonyl (C=O) groups is 3. The minimum Gasteiger partial charge on any atom is -0.391 e. The first kappa shape index (κ1) is 20.8. The molecule has 8 nitrogen and oxygen atoms in total. The Balaban J connectivity index is 1.33. The summed E-state index contributed by atoms with van der Waals surface area (Å²) in [6.07, 6.45) is 2.69. The Hall–Kier alpha value is -3.04. The summed E-state index contributed by atoms with van der Waals surface area (Å²) in [4.78, 5) is 42.9. The van der Waals surface area contributed by atoms with E-state index >= 15 is 0 Å². The summed E-state index contributed by atoms with van der Waals surface area (Å²) in [5.41, 5.74) is 7.87. The number of benzene rings is 1. The molecule has 0 spiro atoms. The topological polar surface area (TPSA) is 126 Å². The smallest absolute Gasteiger partial charge is 0.271 e. The van der Waals surface area contributed by atoms with Crippen molar-refractivity contribution < 1.29 is 19.5 Å². The molecular weight excluding hydrogens is 428 g/mol. The molecule has 1 aromatic heterocycles. The fraction of sp³-hybridized carbons (Fsp3) is 0.391. The van der Waals surface area contributed by atoms with E-state index in [1.165, 1.54) is 16.2 Å². The largest absolute Gasteiger partial charge is 0.391 e. The lowest BCUT2D eigenvalue weighted by Crippen LogP contribution is -2.61. The number of fused-ring (bicyclic) bond motifs is 2. The molecule has 4 atom stereocenters. The van der Waals surface area contributed by atoms with Crippen molar-refractivity contribution in [3.63, 3.8) is 0 Å². The van der Waals surface area contributed by atoms with Crippen LogP contribution in [0.3, 0.4) is 0 Å². The number of hydrogen-bond acceptors (Lipinski definition) is 6. The molecule has 0 bridgehead atoms. The molecule has 0 unspecified atom stereocenters. The molecule has 1 aliphatic heterocycles. The second kappa shape index (κ2) is 7.83. The third-order valence-corrected chi connectivity index (χ3v) is 7.81. The molecular formula is C23H24N4O4S. The van der Waals surface area contributed by atoms with Gasteiger partial charge in [0, 0.05) is 28.6 Å². The molecule has 0 radical (unpaired) electrons. The number of carbonyl (C=O) groups excluding carboxylic acids is 3. The van der Waals surface area contributed by atoms with E-state index < -0.39 is 12.0 Å². The van der Waals surface area contributed by atoms with Crippen LogP contribution in [0.5, 0.6) is 0 Å². The Kier molecular flexibility index (Phi) is 5.10. The predicted octanol–water partition coefficient (Wildman–Crippen LogP) is 1.70. The Bertz CT molecular complexity index is 1140. The summed E-state index contributed by atoms with van der Waals surface area (Å²) in [7, 11) is 0. The highest BCUT2D eigenvalue weighted by Gasteiger charge is 2.52. The number of nitrogens with one attached hydrogen (secondary N) is 1. The van der Waals surface area contributed by atoms with Gasteiger partial charge in [-0.15, -0.1) is 11.3 Å². The van der Waals surface area contributed by atoms with Crippen molar-refractivity contribution in [3.05, 3.63) is 52.6 Å². The van der Waals surface area contributed by atoms with Gasteiger partial charge in [0.05, 0.1) is 18.7 Å². The standard InChI is InChI=1S/C23H24N4O4S/c1-11(20(24)29)8-27-9-16-14(6-3-7-15(16)23(27)31)22-25-17(10-32-22)21(30)26-18-12-4-2-5-13(12)19(18)28/h3,6-7,10,12-13,18-19,28H,1-2,4-5,8-9H2,(H2,24,29)(H,26,30)/t12-,13+,18-,19+/m0/s1. The zero-order chi connectivity index (χ0) is 22.6. The number of thiazole rings is 1. The number of amides is 3. The van der Waals surface area contributed by atoms with Gasteiger partial charge in [-0.05, 0) is 36.3 Å². The monoisotopic (exact) mass is 452 g/mol. The molecule has 2 aromatic rings. The maximum Gasteiger partial charge on any atom is 0.271 e. The summed E-state index contributed by atoms with van der Waals surface area (Å²) in [5, 5.41) is 15.6. The fourth-order valence-corrected chi connectivity index (χ4v) is 6.06. The molecule has 1 aromatic carbocycles. The molecule has 5 rings (SSSR count). The van der Waals surface area contributed by atoms with Gasteiger partial charge in [-0.1, -0.05) is 25.1 Å². The zero-order valence-corrected chi connectivity index (χ0v) is 18.2. The van der Waals surface area contributed by atoms with E-state index in [-0.39, 0.29) is 30.0 Å². The predicted molar refractivity (Wildman–Crippen MR) is 119 cm³/mol. The fourth-order valence-electron chi connectivity index (χ4n) is 5.21. The van der Waals surface area contributed by atoms with E-state index in [0.29, 0.717) is 34.6 Å². The number of aliphatic hydroxyl groups is 1. The maximum absolute atomic E-state index is 12.8. The number of aromatic nitrogens is 1. The quantitative estimate of drug-likeness (QED) is 0.575. The summed E-state index contributed by atoms with van der Waals surface area (Å²) in [6.45, 7) is 4.02. The van der Waals surface area contributed by atoms with Gasteiger partial charge in [0.1, 0.15) is 10.7 Å². The molecule has 2 saturated carbocycles. The van der Waals surface area contributed by atoms with E-state index in [1.54, 1.807) is 17.5 Å². The van der Waals surface area contributed by atoms with E-state index in [1.807, 2.05) is 6.07 Å².